The standard InChI is InChI=1S/C10H10F2O4/c1-15-6-4-3-5(11)7(8(6)12)9(13)10(14)16-2/h3-4,9,13H,1-2H3. The number of rotatable bonds is 3. The van der Waals surface area contributed by atoms with Crippen LogP contribution in [-0.2, 0) is 9.53 Å². The Bertz CT molecular complexity index is 406. The van der Waals surface area contributed by atoms with Crippen molar-refractivity contribution in [3.63, 3.8) is 0 Å². The molecule has 0 heterocycles. The van der Waals surface area contributed by atoms with Gasteiger partial charge in [0.2, 0.25) is 0 Å². The molecule has 0 aliphatic rings. The highest BCUT2D eigenvalue weighted by Gasteiger charge is 2.27. The van der Waals surface area contributed by atoms with Crippen LogP contribution in [0.25, 0.3) is 0 Å². The average Bonchev–Trinajstić information content (AvgIpc) is 2.28. The molecular formula is C10H10F2O4. The van der Waals surface area contributed by atoms with Crippen molar-refractivity contribution >= 4 is 5.97 Å². The van der Waals surface area contributed by atoms with Gasteiger partial charge in [0.15, 0.2) is 17.7 Å². The summed E-state index contributed by atoms with van der Waals surface area (Å²) in [4.78, 5) is 11.0. The largest absolute Gasteiger partial charge is 0.494 e. The molecule has 0 saturated carbocycles. The van der Waals surface area contributed by atoms with Crippen molar-refractivity contribution in [1.82, 2.24) is 0 Å². The number of hydrogen-bond donors (Lipinski definition) is 1. The summed E-state index contributed by atoms with van der Waals surface area (Å²) < 4.78 is 35.6. The second-order valence-electron chi connectivity index (χ2n) is 2.90. The van der Waals surface area contributed by atoms with Crippen LogP contribution >= 0.6 is 0 Å². The lowest BCUT2D eigenvalue weighted by Crippen LogP contribution is -2.17. The fourth-order valence-electron chi connectivity index (χ4n) is 1.19. The van der Waals surface area contributed by atoms with E-state index in [-0.39, 0.29) is 5.75 Å². The smallest absolute Gasteiger partial charge is 0.339 e. The molecule has 1 aromatic carbocycles. The molecule has 0 radical (unpaired) electrons. The quantitative estimate of drug-likeness (QED) is 0.795. The normalized spacial score (nSPS) is 12.1. The van der Waals surface area contributed by atoms with Crippen LogP contribution in [-0.4, -0.2) is 25.3 Å². The molecule has 1 aromatic rings. The van der Waals surface area contributed by atoms with Crippen LogP contribution in [0.1, 0.15) is 11.7 Å². The molecule has 0 aliphatic carbocycles. The minimum absolute atomic E-state index is 0.264. The zero-order valence-corrected chi connectivity index (χ0v) is 8.66. The summed E-state index contributed by atoms with van der Waals surface area (Å²) in [5.74, 6) is -3.58. The van der Waals surface area contributed by atoms with Gasteiger partial charge in [-0.25, -0.2) is 13.6 Å². The highest BCUT2D eigenvalue weighted by Crippen LogP contribution is 2.28. The van der Waals surface area contributed by atoms with Gasteiger partial charge in [0.1, 0.15) is 5.82 Å². The number of methoxy groups -OCH3 is 2. The maximum atomic E-state index is 13.5. The number of halogens is 2. The van der Waals surface area contributed by atoms with Gasteiger partial charge in [-0.2, -0.15) is 0 Å². The fraction of sp³-hybridized carbons (Fsp3) is 0.300. The van der Waals surface area contributed by atoms with Crippen molar-refractivity contribution < 1.29 is 28.2 Å². The number of carbonyl (C=O) groups is 1. The minimum Gasteiger partial charge on any atom is -0.494 e. The third-order valence-electron chi connectivity index (χ3n) is 2.01. The van der Waals surface area contributed by atoms with Gasteiger partial charge in [0, 0.05) is 0 Å². The second kappa shape index (κ2) is 4.89. The molecule has 0 amide bonds. The molecule has 0 aromatic heterocycles. The number of hydrogen-bond acceptors (Lipinski definition) is 4. The Balaban J connectivity index is 3.26. The molecule has 0 bridgehead atoms. The van der Waals surface area contributed by atoms with E-state index in [9.17, 15) is 18.7 Å². The van der Waals surface area contributed by atoms with Gasteiger partial charge < -0.3 is 14.6 Å². The lowest BCUT2D eigenvalue weighted by atomic mass is 10.1. The van der Waals surface area contributed by atoms with Crippen molar-refractivity contribution in [2.24, 2.45) is 0 Å². The van der Waals surface area contributed by atoms with Gasteiger partial charge in [-0.05, 0) is 12.1 Å². The van der Waals surface area contributed by atoms with E-state index in [0.29, 0.717) is 0 Å². The van der Waals surface area contributed by atoms with Crippen molar-refractivity contribution in [1.29, 1.82) is 0 Å². The first-order chi connectivity index (χ1) is 7.52. The third-order valence-corrected chi connectivity index (χ3v) is 2.01. The van der Waals surface area contributed by atoms with E-state index in [4.69, 9.17) is 0 Å². The highest BCUT2D eigenvalue weighted by atomic mass is 19.1. The summed E-state index contributed by atoms with van der Waals surface area (Å²) in [6.07, 6.45) is -2.01. The third kappa shape index (κ3) is 2.11. The molecule has 0 aliphatic heterocycles. The van der Waals surface area contributed by atoms with Gasteiger partial charge in [-0.15, -0.1) is 0 Å². The van der Waals surface area contributed by atoms with E-state index in [1.807, 2.05) is 0 Å². The summed E-state index contributed by atoms with van der Waals surface area (Å²) >= 11 is 0. The van der Waals surface area contributed by atoms with E-state index >= 15 is 0 Å². The van der Waals surface area contributed by atoms with E-state index in [2.05, 4.69) is 9.47 Å². The molecule has 1 unspecified atom stereocenters. The van der Waals surface area contributed by atoms with Crippen LogP contribution in [0.4, 0.5) is 8.78 Å². The minimum atomic E-state index is -2.01. The lowest BCUT2D eigenvalue weighted by molar-refractivity contribution is -0.151. The van der Waals surface area contributed by atoms with Gasteiger partial charge in [0.25, 0.3) is 0 Å². The summed E-state index contributed by atoms with van der Waals surface area (Å²) in [5.41, 5.74) is -0.786. The molecule has 1 N–H and O–H groups in total. The Morgan fingerprint density at radius 2 is 2.00 bits per heavy atom. The lowest BCUT2D eigenvalue weighted by Gasteiger charge is -2.12. The first kappa shape index (κ1) is 12.4. The van der Waals surface area contributed by atoms with E-state index in [0.717, 1.165) is 19.2 Å². The monoisotopic (exact) mass is 232 g/mol. The summed E-state index contributed by atoms with van der Waals surface area (Å²) in [6, 6.07) is 1.95. The van der Waals surface area contributed by atoms with Gasteiger partial charge in [-0.1, -0.05) is 0 Å². The summed E-state index contributed by atoms with van der Waals surface area (Å²) in [6.45, 7) is 0. The Kier molecular flexibility index (Phi) is 3.78. The molecule has 0 spiro atoms. The van der Waals surface area contributed by atoms with Crippen molar-refractivity contribution in [2.45, 2.75) is 6.10 Å². The van der Waals surface area contributed by atoms with E-state index in [1.54, 1.807) is 0 Å². The molecule has 88 valence electrons. The topological polar surface area (TPSA) is 55.8 Å². The fourth-order valence-corrected chi connectivity index (χ4v) is 1.19. The first-order valence-electron chi connectivity index (χ1n) is 4.30. The number of aliphatic hydroxyl groups is 1. The number of carbonyl (C=O) groups excluding carboxylic acids is 1. The van der Waals surface area contributed by atoms with Crippen LogP contribution < -0.4 is 4.74 Å². The Hall–Kier alpha value is -1.69. The first-order valence-corrected chi connectivity index (χ1v) is 4.30. The Morgan fingerprint density at radius 1 is 1.38 bits per heavy atom. The predicted octanol–water partition coefficient (Wildman–Crippen LogP) is 1.18. The molecular weight excluding hydrogens is 222 g/mol. The molecule has 0 saturated heterocycles. The molecule has 4 nitrogen and oxygen atoms in total. The van der Waals surface area contributed by atoms with Crippen LogP contribution in [0.2, 0.25) is 0 Å². The second-order valence-corrected chi connectivity index (χ2v) is 2.90. The van der Waals surface area contributed by atoms with Gasteiger partial charge in [-0.3, -0.25) is 0 Å². The number of esters is 1. The SMILES string of the molecule is COC(=O)C(O)c1c(F)ccc(OC)c1F. The van der Waals surface area contributed by atoms with Crippen LogP contribution in [0.5, 0.6) is 5.75 Å². The van der Waals surface area contributed by atoms with Crippen LogP contribution in [0.3, 0.4) is 0 Å². The van der Waals surface area contributed by atoms with E-state index < -0.39 is 29.3 Å². The van der Waals surface area contributed by atoms with Crippen LogP contribution in [0.15, 0.2) is 12.1 Å². The Morgan fingerprint density at radius 3 is 2.50 bits per heavy atom. The zero-order chi connectivity index (χ0) is 12.3. The molecule has 0 fully saturated rings. The van der Waals surface area contributed by atoms with Crippen LogP contribution in [0, 0.1) is 11.6 Å². The maximum absolute atomic E-state index is 13.5. The summed E-state index contributed by atoms with van der Waals surface area (Å²) in [7, 11) is 2.19. The average molecular weight is 232 g/mol. The molecule has 6 heteroatoms. The van der Waals surface area contributed by atoms with Crippen molar-refractivity contribution in [3.8, 4) is 5.75 Å². The zero-order valence-electron chi connectivity index (χ0n) is 8.66. The molecule has 1 atom stereocenters. The molecule has 1 rings (SSSR count). The predicted molar refractivity (Wildman–Crippen MR) is 49.9 cm³/mol. The van der Waals surface area contributed by atoms with Crippen molar-refractivity contribution in [3.05, 3.63) is 29.3 Å². The van der Waals surface area contributed by atoms with Gasteiger partial charge in [0.05, 0.1) is 19.8 Å². The Labute approximate surface area is 90.4 Å². The highest BCUT2D eigenvalue weighted by molar-refractivity contribution is 5.76. The molecule has 16 heavy (non-hydrogen) atoms. The number of ether oxygens (including phenoxy) is 2. The maximum Gasteiger partial charge on any atom is 0.339 e. The number of benzene rings is 1. The number of aliphatic hydroxyl groups excluding tert-OH is 1. The van der Waals surface area contributed by atoms with E-state index in [1.165, 1.54) is 7.11 Å². The summed E-state index contributed by atoms with van der Waals surface area (Å²) in [5, 5.41) is 9.36. The van der Waals surface area contributed by atoms with Gasteiger partial charge >= 0.3 is 5.97 Å². The van der Waals surface area contributed by atoms with Crippen molar-refractivity contribution in [2.75, 3.05) is 14.2 Å².